The highest BCUT2D eigenvalue weighted by Crippen LogP contribution is 2.32. The highest BCUT2D eigenvalue weighted by molar-refractivity contribution is 5.91. The lowest BCUT2D eigenvalue weighted by atomic mass is 10.1. The zero-order chi connectivity index (χ0) is 19.2. The predicted molar refractivity (Wildman–Crippen MR) is 106 cm³/mol. The molecule has 0 unspecified atom stereocenters. The van der Waals surface area contributed by atoms with Crippen molar-refractivity contribution in [2.75, 3.05) is 13.8 Å². The van der Waals surface area contributed by atoms with E-state index in [9.17, 15) is 4.79 Å². The Bertz CT molecular complexity index is 830. The summed E-state index contributed by atoms with van der Waals surface area (Å²) in [5, 5.41) is 2.96. The molecule has 0 bridgehead atoms. The van der Waals surface area contributed by atoms with Gasteiger partial charge in [0.05, 0.1) is 0 Å². The zero-order valence-electron chi connectivity index (χ0n) is 16.1. The number of carbonyl (C=O) groups is 1. The third-order valence-corrected chi connectivity index (χ3v) is 4.70. The summed E-state index contributed by atoms with van der Waals surface area (Å²) in [5.74, 6) is 1.32. The molecule has 0 fully saturated rings. The molecule has 0 aromatic heterocycles. The summed E-state index contributed by atoms with van der Waals surface area (Å²) in [5.41, 5.74) is 3.26. The molecule has 5 nitrogen and oxygen atoms in total. The third kappa shape index (κ3) is 5.11. The minimum Gasteiger partial charge on any atom is -0.454 e. The Labute approximate surface area is 160 Å². The van der Waals surface area contributed by atoms with Gasteiger partial charge in [0.25, 0.3) is 0 Å². The average Bonchev–Trinajstić information content (AvgIpc) is 3.13. The van der Waals surface area contributed by atoms with Crippen molar-refractivity contribution in [3.8, 4) is 11.5 Å². The lowest BCUT2D eigenvalue weighted by molar-refractivity contribution is -0.116. The smallest absolute Gasteiger partial charge is 0.244 e. The minimum atomic E-state index is -0.125. The van der Waals surface area contributed by atoms with E-state index < -0.39 is 0 Å². The first-order valence-electron chi connectivity index (χ1n) is 9.15. The van der Waals surface area contributed by atoms with Crippen LogP contribution in [0.3, 0.4) is 0 Å². The summed E-state index contributed by atoms with van der Waals surface area (Å²) in [4.78, 5) is 14.5. The maximum absolute atomic E-state index is 12.2. The maximum Gasteiger partial charge on any atom is 0.244 e. The summed E-state index contributed by atoms with van der Waals surface area (Å²) in [6, 6.07) is 14.3. The second kappa shape index (κ2) is 8.73. The Morgan fingerprint density at radius 3 is 2.67 bits per heavy atom. The number of hydrogen-bond donors (Lipinski definition) is 1. The number of hydrogen-bond acceptors (Lipinski definition) is 4. The van der Waals surface area contributed by atoms with Gasteiger partial charge in [-0.1, -0.05) is 30.3 Å². The third-order valence-electron chi connectivity index (χ3n) is 4.70. The molecule has 1 aliphatic heterocycles. The molecule has 27 heavy (non-hydrogen) atoms. The Balaban J connectivity index is 1.58. The molecule has 1 N–H and O–H groups in total. The van der Waals surface area contributed by atoms with Crippen molar-refractivity contribution >= 4 is 12.0 Å². The Morgan fingerprint density at radius 2 is 1.89 bits per heavy atom. The van der Waals surface area contributed by atoms with E-state index >= 15 is 0 Å². The van der Waals surface area contributed by atoms with Gasteiger partial charge in [0, 0.05) is 25.2 Å². The van der Waals surface area contributed by atoms with Gasteiger partial charge in [-0.2, -0.15) is 0 Å². The molecular weight excluding hydrogens is 340 g/mol. The fourth-order valence-corrected chi connectivity index (χ4v) is 2.77. The van der Waals surface area contributed by atoms with E-state index in [1.165, 1.54) is 5.56 Å². The van der Waals surface area contributed by atoms with Crippen LogP contribution in [0.15, 0.2) is 48.5 Å². The van der Waals surface area contributed by atoms with Crippen LogP contribution in [0.4, 0.5) is 0 Å². The highest BCUT2D eigenvalue weighted by Gasteiger charge is 2.12. The lowest BCUT2D eigenvalue weighted by Gasteiger charge is -2.22. The van der Waals surface area contributed by atoms with Crippen molar-refractivity contribution in [3.05, 3.63) is 65.2 Å². The van der Waals surface area contributed by atoms with Crippen molar-refractivity contribution in [2.24, 2.45) is 0 Å². The molecule has 2 aromatic rings. The lowest BCUT2D eigenvalue weighted by Crippen LogP contribution is -2.27. The number of amides is 1. The van der Waals surface area contributed by atoms with E-state index in [-0.39, 0.29) is 12.7 Å². The van der Waals surface area contributed by atoms with Crippen molar-refractivity contribution < 1.29 is 14.3 Å². The first-order valence-corrected chi connectivity index (χ1v) is 9.15. The molecule has 1 amide bonds. The number of benzene rings is 2. The van der Waals surface area contributed by atoms with Crippen molar-refractivity contribution in [2.45, 2.75) is 33.0 Å². The van der Waals surface area contributed by atoms with E-state index in [1.54, 1.807) is 12.2 Å². The molecule has 1 aliphatic rings. The molecule has 0 saturated carbocycles. The quantitative estimate of drug-likeness (QED) is 0.761. The topological polar surface area (TPSA) is 50.8 Å². The number of rotatable bonds is 7. The minimum absolute atomic E-state index is 0.125. The molecule has 2 aromatic carbocycles. The van der Waals surface area contributed by atoms with Crippen LogP contribution in [0.5, 0.6) is 11.5 Å². The zero-order valence-corrected chi connectivity index (χ0v) is 16.1. The second-order valence-corrected chi connectivity index (χ2v) is 6.94. The van der Waals surface area contributed by atoms with Crippen LogP contribution in [0, 0.1) is 0 Å². The largest absolute Gasteiger partial charge is 0.454 e. The number of carbonyl (C=O) groups excluding carboxylic acids is 1. The maximum atomic E-state index is 12.2. The van der Waals surface area contributed by atoms with Gasteiger partial charge in [-0.25, -0.2) is 0 Å². The Hall–Kier alpha value is -2.79. The van der Waals surface area contributed by atoms with E-state index in [2.05, 4.69) is 43.2 Å². The van der Waals surface area contributed by atoms with E-state index in [0.717, 1.165) is 23.4 Å². The Kier molecular flexibility index (Phi) is 6.14. The molecule has 1 heterocycles. The van der Waals surface area contributed by atoms with Gasteiger partial charge in [-0.3, -0.25) is 9.69 Å². The monoisotopic (exact) mass is 366 g/mol. The first-order chi connectivity index (χ1) is 13.0. The van der Waals surface area contributed by atoms with Gasteiger partial charge < -0.3 is 14.8 Å². The standard InChI is InChI=1S/C22H26N2O3/c1-16(2)24(3)14-19-7-5-4-6-18(19)13-23-22(25)11-9-17-8-10-20-21(12-17)27-15-26-20/h4-12,16H,13-15H2,1-3H3,(H,23,25). The van der Waals surface area contributed by atoms with E-state index in [1.807, 2.05) is 30.3 Å². The van der Waals surface area contributed by atoms with Crippen LogP contribution in [-0.4, -0.2) is 30.7 Å². The van der Waals surface area contributed by atoms with Crippen molar-refractivity contribution in [1.82, 2.24) is 10.2 Å². The van der Waals surface area contributed by atoms with E-state index in [0.29, 0.717) is 18.3 Å². The SMILES string of the molecule is CC(C)N(C)Cc1ccccc1CNC(=O)C=Cc1ccc2c(c1)OCO2. The summed E-state index contributed by atoms with van der Waals surface area (Å²) >= 11 is 0. The van der Waals surface area contributed by atoms with Crippen LogP contribution in [-0.2, 0) is 17.9 Å². The molecule has 0 atom stereocenters. The van der Waals surface area contributed by atoms with Gasteiger partial charge in [-0.05, 0) is 55.8 Å². The Morgan fingerprint density at radius 1 is 1.15 bits per heavy atom. The molecule has 5 heteroatoms. The van der Waals surface area contributed by atoms with Gasteiger partial charge in [0.1, 0.15) is 0 Å². The van der Waals surface area contributed by atoms with Crippen LogP contribution >= 0.6 is 0 Å². The van der Waals surface area contributed by atoms with Gasteiger partial charge in [0.15, 0.2) is 11.5 Å². The van der Waals surface area contributed by atoms with Crippen molar-refractivity contribution in [1.29, 1.82) is 0 Å². The fraction of sp³-hybridized carbons (Fsp3) is 0.318. The van der Waals surface area contributed by atoms with Crippen LogP contribution in [0.25, 0.3) is 6.08 Å². The van der Waals surface area contributed by atoms with Gasteiger partial charge in [-0.15, -0.1) is 0 Å². The van der Waals surface area contributed by atoms with Crippen LogP contribution in [0.1, 0.15) is 30.5 Å². The van der Waals surface area contributed by atoms with Crippen LogP contribution < -0.4 is 14.8 Å². The van der Waals surface area contributed by atoms with Gasteiger partial charge in [0.2, 0.25) is 12.7 Å². The summed E-state index contributed by atoms with van der Waals surface area (Å²) in [6.45, 7) is 5.95. The highest BCUT2D eigenvalue weighted by atomic mass is 16.7. The number of ether oxygens (including phenoxy) is 2. The molecule has 142 valence electrons. The second-order valence-electron chi connectivity index (χ2n) is 6.94. The number of nitrogens with zero attached hydrogens (tertiary/aromatic N) is 1. The number of fused-ring (bicyclic) bond motifs is 1. The predicted octanol–water partition coefficient (Wildman–Crippen LogP) is 3.59. The average molecular weight is 366 g/mol. The van der Waals surface area contributed by atoms with Crippen molar-refractivity contribution in [3.63, 3.8) is 0 Å². The van der Waals surface area contributed by atoms with Gasteiger partial charge >= 0.3 is 0 Å². The molecule has 3 rings (SSSR count). The summed E-state index contributed by atoms with van der Waals surface area (Å²) in [7, 11) is 2.11. The summed E-state index contributed by atoms with van der Waals surface area (Å²) < 4.78 is 10.6. The molecule has 0 saturated heterocycles. The fourth-order valence-electron chi connectivity index (χ4n) is 2.77. The van der Waals surface area contributed by atoms with E-state index in [4.69, 9.17) is 9.47 Å². The molecule has 0 aliphatic carbocycles. The molecule has 0 spiro atoms. The molecule has 0 radical (unpaired) electrons. The normalized spacial score (nSPS) is 12.9. The first kappa shape index (κ1) is 19.0. The van der Waals surface area contributed by atoms with Crippen LogP contribution in [0.2, 0.25) is 0 Å². The molecular formula is C22H26N2O3. The summed E-state index contributed by atoms with van der Waals surface area (Å²) in [6.07, 6.45) is 3.32. The number of nitrogens with one attached hydrogen (secondary N) is 1.